The van der Waals surface area contributed by atoms with Crippen LogP contribution in [0.25, 0.3) is 11.1 Å². The second-order valence-corrected chi connectivity index (χ2v) is 5.89. The molecule has 3 heteroatoms. The number of H-pyrrole nitrogens is 1. The summed E-state index contributed by atoms with van der Waals surface area (Å²) in [5, 5.41) is 0. The average molecular weight is 306 g/mol. The highest BCUT2D eigenvalue weighted by atomic mass is 16.5. The number of rotatable bonds is 6. The Labute approximate surface area is 137 Å². The Balaban J connectivity index is 1.90. The molecule has 0 bridgehead atoms. The van der Waals surface area contributed by atoms with Crippen molar-refractivity contribution in [2.75, 3.05) is 0 Å². The molecule has 0 saturated heterocycles. The first-order chi connectivity index (χ1) is 11.2. The third kappa shape index (κ3) is 4.01. The first-order valence-electron chi connectivity index (χ1n) is 8.05. The summed E-state index contributed by atoms with van der Waals surface area (Å²) in [6, 6.07) is 16.8. The van der Waals surface area contributed by atoms with E-state index in [4.69, 9.17) is 4.74 Å². The fourth-order valence-corrected chi connectivity index (χ4v) is 2.69. The van der Waals surface area contributed by atoms with Gasteiger partial charge in [-0.3, -0.25) is 0 Å². The van der Waals surface area contributed by atoms with Gasteiger partial charge in [0.25, 0.3) is 0 Å². The second-order valence-electron chi connectivity index (χ2n) is 5.89. The van der Waals surface area contributed by atoms with Crippen LogP contribution in [0.3, 0.4) is 0 Å². The summed E-state index contributed by atoms with van der Waals surface area (Å²) in [6.07, 6.45) is 5.68. The van der Waals surface area contributed by atoms with Crippen molar-refractivity contribution in [1.29, 1.82) is 0 Å². The molecule has 0 saturated carbocycles. The first kappa shape index (κ1) is 15.3. The van der Waals surface area contributed by atoms with Gasteiger partial charge < -0.3 is 9.72 Å². The van der Waals surface area contributed by atoms with E-state index in [0.29, 0.717) is 0 Å². The summed E-state index contributed by atoms with van der Waals surface area (Å²) in [5.74, 6) is 1.94. The van der Waals surface area contributed by atoms with Crippen molar-refractivity contribution in [2.24, 2.45) is 0 Å². The zero-order valence-corrected chi connectivity index (χ0v) is 13.6. The van der Waals surface area contributed by atoms with Crippen molar-refractivity contribution in [3.8, 4) is 16.9 Å². The van der Waals surface area contributed by atoms with Gasteiger partial charge in [-0.2, -0.15) is 0 Å². The third-order valence-corrected chi connectivity index (χ3v) is 3.72. The molecule has 0 radical (unpaired) electrons. The van der Waals surface area contributed by atoms with Crippen LogP contribution in [0, 0.1) is 0 Å². The number of hydrogen-bond acceptors (Lipinski definition) is 2. The van der Waals surface area contributed by atoms with E-state index in [1.807, 2.05) is 26.1 Å². The molecule has 2 aromatic carbocycles. The van der Waals surface area contributed by atoms with Gasteiger partial charge in [0.15, 0.2) is 0 Å². The summed E-state index contributed by atoms with van der Waals surface area (Å²) >= 11 is 0. The van der Waals surface area contributed by atoms with E-state index < -0.39 is 0 Å². The summed E-state index contributed by atoms with van der Waals surface area (Å²) in [6.45, 7) is 4.10. The molecule has 0 atom stereocenters. The maximum Gasteiger partial charge on any atom is 0.120 e. The average Bonchev–Trinajstić information content (AvgIpc) is 3.07. The number of aromatic amines is 1. The predicted molar refractivity (Wildman–Crippen MR) is 93.6 cm³/mol. The van der Waals surface area contributed by atoms with Crippen LogP contribution in [0.4, 0.5) is 0 Å². The fourth-order valence-electron chi connectivity index (χ4n) is 2.69. The number of nitrogens with zero attached hydrogens (tertiary/aromatic N) is 1. The van der Waals surface area contributed by atoms with Crippen molar-refractivity contribution >= 4 is 0 Å². The maximum atomic E-state index is 5.86. The van der Waals surface area contributed by atoms with Gasteiger partial charge >= 0.3 is 0 Å². The minimum absolute atomic E-state index is 0.174. The zero-order chi connectivity index (χ0) is 16.1. The number of hydrogen-bond donors (Lipinski definition) is 1. The Morgan fingerprint density at radius 1 is 1.04 bits per heavy atom. The Kier molecular flexibility index (Phi) is 4.77. The molecule has 1 aromatic heterocycles. The van der Waals surface area contributed by atoms with Crippen LogP contribution < -0.4 is 4.74 Å². The zero-order valence-electron chi connectivity index (χ0n) is 13.6. The molecular formula is C20H22N2O. The molecule has 0 aliphatic heterocycles. The van der Waals surface area contributed by atoms with E-state index in [9.17, 15) is 0 Å². The Morgan fingerprint density at radius 2 is 1.87 bits per heavy atom. The fraction of sp³-hybridized carbons (Fsp3) is 0.250. The van der Waals surface area contributed by atoms with Crippen molar-refractivity contribution in [1.82, 2.24) is 9.97 Å². The van der Waals surface area contributed by atoms with Crippen molar-refractivity contribution in [3.63, 3.8) is 0 Å². The van der Waals surface area contributed by atoms with Crippen LogP contribution in [0.5, 0.6) is 5.75 Å². The highest BCUT2D eigenvalue weighted by molar-refractivity contribution is 5.69. The molecule has 0 unspecified atom stereocenters. The molecule has 0 fully saturated rings. The molecule has 0 amide bonds. The molecule has 23 heavy (non-hydrogen) atoms. The normalized spacial score (nSPS) is 10.9. The summed E-state index contributed by atoms with van der Waals surface area (Å²) < 4.78 is 5.86. The van der Waals surface area contributed by atoms with Crippen LogP contribution in [0.15, 0.2) is 60.9 Å². The molecule has 3 nitrogen and oxygen atoms in total. The van der Waals surface area contributed by atoms with E-state index in [1.165, 1.54) is 16.7 Å². The topological polar surface area (TPSA) is 37.9 Å². The second kappa shape index (κ2) is 7.14. The number of aryl methyl sites for hydroxylation is 2. The van der Waals surface area contributed by atoms with Gasteiger partial charge in [-0.15, -0.1) is 0 Å². The van der Waals surface area contributed by atoms with E-state index in [2.05, 4.69) is 52.4 Å². The van der Waals surface area contributed by atoms with Crippen LogP contribution in [0.2, 0.25) is 0 Å². The van der Waals surface area contributed by atoms with Gasteiger partial charge in [0, 0.05) is 18.8 Å². The van der Waals surface area contributed by atoms with E-state index >= 15 is 0 Å². The number of imidazole rings is 1. The van der Waals surface area contributed by atoms with E-state index in [1.54, 1.807) is 6.20 Å². The van der Waals surface area contributed by atoms with Gasteiger partial charge in [-0.25, -0.2) is 4.98 Å². The van der Waals surface area contributed by atoms with Gasteiger partial charge in [-0.1, -0.05) is 36.4 Å². The maximum absolute atomic E-state index is 5.86. The quantitative estimate of drug-likeness (QED) is 0.720. The number of aromatic nitrogens is 2. The van der Waals surface area contributed by atoms with Crippen LogP contribution in [-0.2, 0) is 12.8 Å². The molecule has 3 rings (SSSR count). The third-order valence-electron chi connectivity index (χ3n) is 3.72. The minimum atomic E-state index is 0.174. The molecule has 0 spiro atoms. The highest BCUT2D eigenvalue weighted by Gasteiger charge is 2.09. The molecule has 0 aliphatic rings. The molecule has 3 aromatic rings. The van der Waals surface area contributed by atoms with Gasteiger partial charge in [0.1, 0.15) is 11.6 Å². The van der Waals surface area contributed by atoms with Gasteiger partial charge in [0.2, 0.25) is 0 Å². The number of benzene rings is 2. The van der Waals surface area contributed by atoms with Crippen LogP contribution in [0.1, 0.15) is 25.2 Å². The minimum Gasteiger partial charge on any atom is -0.491 e. The summed E-state index contributed by atoms with van der Waals surface area (Å²) in [5.41, 5.74) is 3.76. The number of ether oxygens (including phenoxy) is 1. The van der Waals surface area contributed by atoms with Crippen LogP contribution in [-0.4, -0.2) is 16.1 Å². The SMILES string of the molecule is CC(C)Oc1ccc(CCc2ncc[nH]2)c(-c2ccccc2)c1. The van der Waals surface area contributed by atoms with Crippen molar-refractivity contribution in [3.05, 3.63) is 72.3 Å². The lowest BCUT2D eigenvalue weighted by molar-refractivity contribution is 0.242. The predicted octanol–water partition coefficient (Wildman–Crippen LogP) is 4.65. The van der Waals surface area contributed by atoms with Gasteiger partial charge in [-0.05, 0) is 49.1 Å². The van der Waals surface area contributed by atoms with Gasteiger partial charge in [0.05, 0.1) is 6.10 Å². The van der Waals surface area contributed by atoms with Crippen molar-refractivity contribution < 1.29 is 4.74 Å². The molecule has 1 heterocycles. The number of nitrogens with one attached hydrogen (secondary N) is 1. The van der Waals surface area contributed by atoms with Crippen LogP contribution >= 0.6 is 0 Å². The first-order valence-corrected chi connectivity index (χ1v) is 8.05. The molecule has 0 aliphatic carbocycles. The summed E-state index contributed by atoms with van der Waals surface area (Å²) in [7, 11) is 0. The monoisotopic (exact) mass is 306 g/mol. The lowest BCUT2D eigenvalue weighted by Gasteiger charge is -2.15. The molecule has 1 N–H and O–H groups in total. The Hall–Kier alpha value is -2.55. The largest absolute Gasteiger partial charge is 0.491 e. The van der Waals surface area contributed by atoms with E-state index in [0.717, 1.165) is 24.4 Å². The molecule has 118 valence electrons. The Bertz CT molecular complexity index is 734. The van der Waals surface area contributed by atoms with E-state index in [-0.39, 0.29) is 6.10 Å². The lowest BCUT2D eigenvalue weighted by atomic mass is 9.96. The molecular weight excluding hydrogens is 284 g/mol. The Morgan fingerprint density at radius 3 is 2.57 bits per heavy atom. The lowest BCUT2D eigenvalue weighted by Crippen LogP contribution is -2.06. The standard InChI is InChI=1S/C20H22N2O/c1-15(2)23-18-10-8-17(9-11-20-21-12-13-22-20)19(14-18)16-6-4-3-5-7-16/h3-8,10,12-15H,9,11H2,1-2H3,(H,21,22). The summed E-state index contributed by atoms with van der Waals surface area (Å²) in [4.78, 5) is 7.48. The highest BCUT2D eigenvalue weighted by Crippen LogP contribution is 2.29. The van der Waals surface area contributed by atoms with Crippen molar-refractivity contribution in [2.45, 2.75) is 32.8 Å². The smallest absolute Gasteiger partial charge is 0.120 e.